The van der Waals surface area contributed by atoms with E-state index >= 15 is 0 Å². The molecule has 2 aromatic rings. The van der Waals surface area contributed by atoms with E-state index in [2.05, 4.69) is 43.1 Å². The minimum Gasteiger partial charge on any atom is -0.372 e. The molecule has 0 bridgehead atoms. The highest BCUT2D eigenvalue weighted by Crippen LogP contribution is 2.27. The standard InChI is InChI=1S/C12H16BrN5/c1-4-5-8-10(13)12(14-2)17-11(16-8)9-6-15-7-18(9)3/h6-7H,4-5H2,1-3H3,(H,14,16,17). The van der Waals surface area contributed by atoms with Gasteiger partial charge in [-0.05, 0) is 22.4 Å². The molecular weight excluding hydrogens is 294 g/mol. The first-order chi connectivity index (χ1) is 8.67. The quantitative estimate of drug-likeness (QED) is 0.943. The second kappa shape index (κ2) is 5.48. The smallest absolute Gasteiger partial charge is 0.180 e. The lowest BCUT2D eigenvalue weighted by molar-refractivity contribution is 0.857. The average Bonchev–Trinajstić information content (AvgIpc) is 2.78. The largest absolute Gasteiger partial charge is 0.372 e. The molecule has 0 amide bonds. The van der Waals surface area contributed by atoms with E-state index in [1.165, 1.54) is 0 Å². The molecule has 6 heteroatoms. The number of aromatic nitrogens is 4. The average molecular weight is 310 g/mol. The van der Waals surface area contributed by atoms with Crippen LogP contribution in [0.25, 0.3) is 11.5 Å². The topological polar surface area (TPSA) is 55.6 Å². The van der Waals surface area contributed by atoms with Crippen molar-refractivity contribution in [3.8, 4) is 11.5 Å². The van der Waals surface area contributed by atoms with Gasteiger partial charge in [0.05, 0.1) is 22.7 Å². The van der Waals surface area contributed by atoms with Crippen LogP contribution in [0.1, 0.15) is 19.0 Å². The van der Waals surface area contributed by atoms with Crippen molar-refractivity contribution in [1.82, 2.24) is 19.5 Å². The maximum absolute atomic E-state index is 4.62. The number of aryl methyl sites for hydroxylation is 2. The summed E-state index contributed by atoms with van der Waals surface area (Å²) in [6.45, 7) is 2.14. The molecule has 0 saturated heterocycles. The Morgan fingerprint density at radius 2 is 2.17 bits per heavy atom. The van der Waals surface area contributed by atoms with Crippen LogP contribution in [-0.4, -0.2) is 26.6 Å². The molecular formula is C12H16BrN5. The van der Waals surface area contributed by atoms with Crippen molar-refractivity contribution in [2.75, 3.05) is 12.4 Å². The zero-order chi connectivity index (χ0) is 13.1. The van der Waals surface area contributed by atoms with Crippen LogP contribution in [0, 0.1) is 0 Å². The molecule has 0 atom stereocenters. The van der Waals surface area contributed by atoms with Crippen LogP contribution in [0.5, 0.6) is 0 Å². The monoisotopic (exact) mass is 309 g/mol. The van der Waals surface area contributed by atoms with Gasteiger partial charge in [0, 0.05) is 14.1 Å². The van der Waals surface area contributed by atoms with Gasteiger partial charge in [0.1, 0.15) is 11.5 Å². The molecule has 2 rings (SSSR count). The van der Waals surface area contributed by atoms with Crippen LogP contribution in [-0.2, 0) is 13.5 Å². The number of nitrogens with one attached hydrogen (secondary N) is 1. The van der Waals surface area contributed by atoms with E-state index in [0.717, 1.165) is 34.5 Å². The fourth-order valence-electron chi connectivity index (χ4n) is 1.75. The van der Waals surface area contributed by atoms with E-state index in [-0.39, 0.29) is 0 Å². The van der Waals surface area contributed by atoms with Crippen LogP contribution < -0.4 is 5.32 Å². The normalized spacial score (nSPS) is 10.7. The van der Waals surface area contributed by atoms with E-state index in [9.17, 15) is 0 Å². The lowest BCUT2D eigenvalue weighted by atomic mass is 10.2. The number of hydrogen-bond donors (Lipinski definition) is 1. The maximum atomic E-state index is 4.62. The summed E-state index contributed by atoms with van der Waals surface area (Å²) in [5, 5.41) is 3.09. The highest BCUT2D eigenvalue weighted by Gasteiger charge is 2.13. The Bertz CT molecular complexity index is 549. The van der Waals surface area contributed by atoms with Crippen molar-refractivity contribution in [3.05, 3.63) is 22.7 Å². The molecule has 0 aromatic carbocycles. The number of hydrogen-bond acceptors (Lipinski definition) is 4. The molecule has 0 aliphatic heterocycles. The molecule has 2 heterocycles. The summed E-state index contributed by atoms with van der Waals surface area (Å²) in [6, 6.07) is 0. The Balaban J connectivity index is 2.55. The van der Waals surface area contributed by atoms with Gasteiger partial charge in [0.2, 0.25) is 0 Å². The molecule has 0 aliphatic carbocycles. The third kappa shape index (κ3) is 2.38. The van der Waals surface area contributed by atoms with E-state index in [1.54, 1.807) is 12.5 Å². The van der Waals surface area contributed by atoms with Gasteiger partial charge in [-0.2, -0.15) is 0 Å². The summed E-state index contributed by atoms with van der Waals surface area (Å²) in [7, 11) is 3.79. The van der Waals surface area contributed by atoms with Crippen LogP contribution in [0.3, 0.4) is 0 Å². The summed E-state index contributed by atoms with van der Waals surface area (Å²) in [5.74, 6) is 1.51. The number of imidazole rings is 1. The highest BCUT2D eigenvalue weighted by atomic mass is 79.9. The summed E-state index contributed by atoms with van der Waals surface area (Å²) >= 11 is 3.55. The lowest BCUT2D eigenvalue weighted by Crippen LogP contribution is -2.05. The Kier molecular flexibility index (Phi) is 3.96. The van der Waals surface area contributed by atoms with E-state index < -0.39 is 0 Å². The van der Waals surface area contributed by atoms with Gasteiger partial charge in [-0.3, -0.25) is 0 Å². The molecule has 96 valence electrons. The first kappa shape index (κ1) is 13.0. The predicted molar refractivity (Wildman–Crippen MR) is 75.5 cm³/mol. The molecule has 0 unspecified atom stereocenters. The van der Waals surface area contributed by atoms with Crippen molar-refractivity contribution in [2.24, 2.45) is 7.05 Å². The number of rotatable bonds is 4. The Hall–Kier alpha value is -1.43. The van der Waals surface area contributed by atoms with Crippen molar-refractivity contribution in [3.63, 3.8) is 0 Å². The molecule has 18 heavy (non-hydrogen) atoms. The molecule has 0 fully saturated rings. The molecule has 2 aromatic heterocycles. The van der Waals surface area contributed by atoms with Gasteiger partial charge in [-0.25, -0.2) is 15.0 Å². The number of halogens is 1. The van der Waals surface area contributed by atoms with Crippen LogP contribution in [0.2, 0.25) is 0 Å². The molecule has 5 nitrogen and oxygen atoms in total. The molecule has 0 spiro atoms. The number of anilines is 1. The van der Waals surface area contributed by atoms with E-state index in [4.69, 9.17) is 0 Å². The van der Waals surface area contributed by atoms with Crippen molar-refractivity contribution in [1.29, 1.82) is 0 Å². The van der Waals surface area contributed by atoms with Gasteiger partial charge in [-0.1, -0.05) is 13.3 Å². The third-order valence-corrected chi connectivity index (χ3v) is 3.52. The lowest BCUT2D eigenvalue weighted by Gasteiger charge is -2.10. The molecule has 0 aliphatic rings. The predicted octanol–water partition coefficient (Wildman–Crippen LogP) is 2.63. The third-order valence-electron chi connectivity index (χ3n) is 2.69. The second-order valence-electron chi connectivity index (χ2n) is 4.05. The zero-order valence-corrected chi connectivity index (χ0v) is 12.3. The van der Waals surface area contributed by atoms with Gasteiger partial charge in [0.25, 0.3) is 0 Å². The van der Waals surface area contributed by atoms with Crippen molar-refractivity contribution < 1.29 is 0 Å². The molecule has 0 saturated carbocycles. The van der Waals surface area contributed by atoms with Crippen LogP contribution in [0.4, 0.5) is 5.82 Å². The first-order valence-corrected chi connectivity index (χ1v) is 6.67. The number of nitrogens with zero attached hydrogens (tertiary/aromatic N) is 4. The van der Waals surface area contributed by atoms with Crippen molar-refractivity contribution >= 4 is 21.7 Å². The first-order valence-electron chi connectivity index (χ1n) is 5.88. The zero-order valence-electron chi connectivity index (χ0n) is 10.7. The summed E-state index contributed by atoms with van der Waals surface area (Å²) in [6.07, 6.45) is 5.49. The van der Waals surface area contributed by atoms with Gasteiger partial charge in [-0.15, -0.1) is 0 Å². The molecule has 0 radical (unpaired) electrons. The summed E-state index contributed by atoms with van der Waals surface area (Å²) in [4.78, 5) is 13.2. The fourth-order valence-corrected chi connectivity index (χ4v) is 2.32. The van der Waals surface area contributed by atoms with Gasteiger partial charge < -0.3 is 9.88 Å². The SMILES string of the molecule is CCCc1nc(-c2cncn2C)nc(NC)c1Br. The van der Waals surface area contributed by atoms with Crippen molar-refractivity contribution in [2.45, 2.75) is 19.8 Å². The minimum atomic E-state index is 0.700. The maximum Gasteiger partial charge on any atom is 0.180 e. The Labute approximate surface area is 115 Å². The van der Waals surface area contributed by atoms with Crippen LogP contribution in [0.15, 0.2) is 17.0 Å². The second-order valence-corrected chi connectivity index (χ2v) is 4.84. The van der Waals surface area contributed by atoms with Crippen LogP contribution >= 0.6 is 15.9 Å². The van der Waals surface area contributed by atoms with E-state index in [0.29, 0.717) is 5.82 Å². The van der Waals surface area contributed by atoms with E-state index in [1.807, 2.05) is 18.7 Å². The summed E-state index contributed by atoms with van der Waals surface area (Å²) < 4.78 is 2.86. The van der Waals surface area contributed by atoms with Gasteiger partial charge in [0.15, 0.2) is 5.82 Å². The fraction of sp³-hybridized carbons (Fsp3) is 0.417. The molecule has 1 N–H and O–H groups in total. The Morgan fingerprint density at radius 1 is 1.39 bits per heavy atom. The minimum absolute atomic E-state index is 0.700. The highest BCUT2D eigenvalue weighted by molar-refractivity contribution is 9.10. The Morgan fingerprint density at radius 3 is 2.72 bits per heavy atom. The van der Waals surface area contributed by atoms with Gasteiger partial charge >= 0.3 is 0 Å². The summed E-state index contributed by atoms with van der Waals surface area (Å²) in [5.41, 5.74) is 1.93.